The van der Waals surface area contributed by atoms with Crippen LogP contribution in [0.1, 0.15) is 34.6 Å². The molecule has 0 saturated carbocycles. The van der Waals surface area contributed by atoms with Crippen molar-refractivity contribution in [3.05, 3.63) is 12.7 Å². The van der Waals surface area contributed by atoms with Crippen molar-refractivity contribution >= 4 is 36.9 Å². The molecule has 13 nitrogen and oxygen atoms in total. The Hall–Kier alpha value is -2.92. The van der Waals surface area contributed by atoms with Gasteiger partial charge >= 0.3 is 19.9 Å². The predicted molar refractivity (Wildman–Crippen MR) is 108 cm³/mol. The number of ether oxygens (including phenoxy) is 3. The summed E-state index contributed by atoms with van der Waals surface area (Å²) < 4.78 is 39.2. The quantitative estimate of drug-likeness (QED) is 0.430. The number of fused-ring (bicyclic) bond motifs is 1. The van der Waals surface area contributed by atoms with Crippen LogP contribution in [0.25, 0.3) is 11.2 Å². The molecular weight excluding hydrogens is 433 g/mol. The van der Waals surface area contributed by atoms with E-state index in [9.17, 15) is 14.2 Å². The highest BCUT2D eigenvalue weighted by atomic mass is 31.2. The zero-order valence-electron chi connectivity index (χ0n) is 17.9. The summed E-state index contributed by atoms with van der Waals surface area (Å²) in [6, 6.07) is 0. The van der Waals surface area contributed by atoms with Gasteiger partial charge in [-0.3, -0.25) is 0 Å². The van der Waals surface area contributed by atoms with E-state index < -0.39 is 44.6 Å². The van der Waals surface area contributed by atoms with Crippen LogP contribution in [0.4, 0.5) is 15.4 Å². The zero-order chi connectivity index (χ0) is 23.2. The lowest BCUT2D eigenvalue weighted by Gasteiger charge is -2.21. The minimum Gasteiger partial charge on any atom is -0.431 e. The number of hydrogen-bond donors (Lipinski definition) is 1. The van der Waals surface area contributed by atoms with Crippen LogP contribution in [0.5, 0.6) is 0 Å². The molecule has 2 aromatic rings. The number of nitrogen functional groups attached to an aromatic ring is 1. The third-order valence-electron chi connectivity index (χ3n) is 3.49. The lowest BCUT2D eigenvalue weighted by atomic mass is 10.4. The molecule has 0 aliphatic carbocycles. The molecule has 2 N–H and O–H groups in total. The average molecular weight is 459 g/mol. The Morgan fingerprint density at radius 1 is 1.03 bits per heavy atom. The Bertz CT molecular complexity index is 935. The van der Waals surface area contributed by atoms with Crippen LogP contribution in [0, 0.1) is 0 Å². The van der Waals surface area contributed by atoms with Crippen molar-refractivity contribution in [2.24, 2.45) is 0 Å². The summed E-state index contributed by atoms with van der Waals surface area (Å²) in [5.41, 5.74) is 6.68. The summed E-state index contributed by atoms with van der Waals surface area (Å²) in [7, 11) is -4.39. The maximum Gasteiger partial charge on any atom is 0.515 e. The molecule has 0 radical (unpaired) electrons. The summed E-state index contributed by atoms with van der Waals surface area (Å²) >= 11 is 0. The van der Waals surface area contributed by atoms with Crippen molar-refractivity contribution in [2.45, 2.75) is 59.5 Å². The molecule has 1 atom stereocenters. The molecule has 0 bridgehead atoms. The van der Waals surface area contributed by atoms with Gasteiger partial charge in [-0.1, -0.05) is 0 Å². The van der Waals surface area contributed by atoms with Crippen molar-refractivity contribution in [2.75, 3.05) is 12.1 Å². The summed E-state index contributed by atoms with van der Waals surface area (Å²) in [5, 5.41) is 0. The van der Waals surface area contributed by atoms with Gasteiger partial charge in [0.15, 0.2) is 17.8 Å². The Morgan fingerprint density at radius 3 is 2.16 bits per heavy atom. The van der Waals surface area contributed by atoms with Gasteiger partial charge in [0.1, 0.15) is 11.8 Å². The molecule has 0 aliphatic heterocycles. The first-order valence-corrected chi connectivity index (χ1v) is 11.1. The van der Waals surface area contributed by atoms with Crippen molar-refractivity contribution in [3.8, 4) is 0 Å². The standard InChI is InChI=1S/C17H26N5O8P/c1-10(2)27-16(23)29-31(25,30-17(24)28-11(3)4)9-26-12(5)6-22-8-21-13-14(18)19-7-20-15(13)22/h7-8,10-12H,6,9H2,1-5H3,(H2,18,19,20)/t12-/m1/s1. The maximum absolute atomic E-state index is 12.9. The van der Waals surface area contributed by atoms with Gasteiger partial charge in [0, 0.05) is 0 Å². The zero-order valence-corrected chi connectivity index (χ0v) is 18.8. The lowest BCUT2D eigenvalue weighted by molar-refractivity contribution is 0.0374. The van der Waals surface area contributed by atoms with E-state index in [0.717, 1.165) is 0 Å². The molecule has 31 heavy (non-hydrogen) atoms. The van der Waals surface area contributed by atoms with Crippen LogP contribution in [-0.2, 0) is 34.4 Å². The fourth-order valence-corrected chi connectivity index (χ4v) is 3.43. The van der Waals surface area contributed by atoms with Crippen LogP contribution < -0.4 is 5.73 Å². The van der Waals surface area contributed by atoms with Gasteiger partial charge in [-0.25, -0.2) is 29.1 Å². The molecule has 14 heteroatoms. The second-order valence-corrected chi connectivity index (χ2v) is 8.91. The van der Waals surface area contributed by atoms with Gasteiger partial charge in [-0.05, 0) is 34.6 Å². The van der Waals surface area contributed by atoms with E-state index in [-0.39, 0.29) is 12.4 Å². The fourth-order valence-electron chi connectivity index (χ4n) is 2.31. The second-order valence-electron chi connectivity index (χ2n) is 7.06. The summed E-state index contributed by atoms with van der Waals surface area (Å²) in [6.45, 7) is 8.20. The fraction of sp³-hybridized carbons (Fsp3) is 0.588. The Labute approximate surface area is 178 Å². The molecule has 0 aliphatic rings. The van der Waals surface area contributed by atoms with E-state index in [1.54, 1.807) is 39.2 Å². The average Bonchev–Trinajstić information content (AvgIpc) is 3.02. The van der Waals surface area contributed by atoms with Crippen LogP contribution in [-0.4, -0.2) is 56.5 Å². The first-order valence-electron chi connectivity index (χ1n) is 9.41. The highest BCUT2D eigenvalue weighted by Crippen LogP contribution is 2.49. The van der Waals surface area contributed by atoms with Crippen molar-refractivity contribution < 1.29 is 37.4 Å². The number of carbonyl (C=O) groups excluding carboxylic acids is 2. The Balaban J connectivity index is 2.06. The van der Waals surface area contributed by atoms with Gasteiger partial charge in [-0.15, -0.1) is 0 Å². The Kier molecular flexibility index (Phi) is 8.17. The van der Waals surface area contributed by atoms with E-state index >= 15 is 0 Å². The first kappa shape index (κ1) is 24.4. The van der Waals surface area contributed by atoms with Gasteiger partial charge in [0.25, 0.3) is 0 Å². The molecule has 0 fully saturated rings. The molecule has 0 spiro atoms. The normalized spacial score (nSPS) is 12.7. The van der Waals surface area contributed by atoms with E-state index in [2.05, 4.69) is 15.0 Å². The van der Waals surface area contributed by atoms with E-state index in [1.807, 2.05) is 0 Å². The minimum atomic E-state index is -4.39. The first-order chi connectivity index (χ1) is 14.5. The smallest absolute Gasteiger partial charge is 0.431 e. The largest absolute Gasteiger partial charge is 0.515 e. The van der Waals surface area contributed by atoms with Gasteiger partial charge in [0.05, 0.1) is 31.2 Å². The number of hydrogen-bond acceptors (Lipinski definition) is 12. The Morgan fingerprint density at radius 2 is 1.61 bits per heavy atom. The molecule has 0 aromatic carbocycles. The maximum atomic E-state index is 12.9. The number of aromatic nitrogens is 4. The van der Waals surface area contributed by atoms with Crippen LogP contribution >= 0.6 is 7.60 Å². The molecule has 0 amide bonds. The van der Waals surface area contributed by atoms with Crippen molar-refractivity contribution in [1.82, 2.24) is 19.5 Å². The number of carbonyl (C=O) groups is 2. The van der Waals surface area contributed by atoms with E-state index in [1.165, 1.54) is 12.7 Å². The van der Waals surface area contributed by atoms with Crippen molar-refractivity contribution in [3.63, 3.8) is 0 Å². The minimum absolute atomic E-state index is 0.232. The molecule has 0 saturated heterocycles. The van der Waals surface area contributed by atoms with Crippen LogP contribution in [0.2, 0.25) is 0 Å². The van der Waals surface area contributed by atoms with E-state index in [4.69, 9.17) is 29.0 Å². The van der Waals surface area contributed by atoms with E-state index in [0.29, 0.717) is 11.2 Å². The van der Waals surface area contributed by atoms with Crippen molar-refractivity contribution in [1.29, 1.82) is 0 Å². The van der Waals surface area contributed by atoms with Crippen LogP contribution in [0.3, 0.4) is 0 Å². The third-order valence-corrected chi connectivity index (χ3v) is 4.81. The number of rotatable bonds is 9. The molecule has 2 heterocycles. The van der Waals surface area contributed by atoms with Gasteiger partial charge in [-0.2, -0.15) is 0 Å². The number of imidazole rings is 1. The number of nitrogens with zero attached hydrogens (tertiary/aromatic N) is 4. The lowest BCUT2D eigenvalue weighted by Crippen LogP contribution is -2.21. The monoisotopic (exact) mass is 459 g/mol. The third kappa shape index (κ3) is 7.37. The summed E-state index contributed by atoms with van der Waals surface area (Å²) in [5.74, 6) is 0.232. The van der Waals surface area contributed by atoms with Gasteiger partial charge < -0.3 is 33.6 Å². The number of anilines is 1. The molecule has 2 aromatic heterocycles. The predicted octanol–water partition coefficient (Wildman–Crippen LogP) is 3.09. The summed E-state index contributed by atoms with van der Waals surface area (Å²) in [4.78, 5) is 35.8. The highest BCUT2D eigenvalue weighted by molar-refractivity contribution is 7.54. The number of nitrogens with two attached hydrogens (primary N) is 1. The molecule has 172 valence electrons. The SMILES string of the molecule is CC(C)OC(=O)OP(=O)(CO[C@H](C)Cn1cnc2c(N)ncnc21)OC(=O)OC(C)C. The van der Waals surface area contributed by atoms with Crippen LogP contribution in [0.15, 0.2) is 12.7 Å². The molecular formula is C17H26N5O8P. The van der Waals surface area contributed by atoms with Gasteiger partial charge in [0.2, 0.25) is 0 Å². The molecule has 2 rings (SSSR count). The summed E-state index contributed by atoms with van der Waals surface area (Å²) in [6.07, 6.45) is -2.08. The second kappa shape index (κ2) is 10.4. The molecule has 0 unspecified atom stereocenters. The topological polar surface area (TPSA) is 167 Å². The highest BCUT2D eigenvalue weighted by Gasteiger charge is 2.36.